The number of hydrogen-bond acceptors (Lipinski definition) is 7. The zero-order valence-corrected chi connectivity index (χ0v) is 13.6. The quantitative estimate of drug-likeness (QED) is 0.767. The first kappa shape index (κ1) is 15.9. The predicted octanol–water partition coefficient (Wildman–Crippen LogP) is 2.73. The van der Waals surface area contributed by atoms with Crippen LogP contribution in [-0.4, -0.2) is 26.2 Å². The summed E-state index contributed by atoms with van der Waals surface area (Å²) < 4.78 is 10.3. The molecule has 3 rings (SSSR count). The van der Waals surface area contributed by atoms with Crippen molar-refractivity contribution in [3.63, 3.8) is 0 Å². The molecule has 1 amide bonds. The van der Waals surface area contributed by atoms with Crippen molar-refractivity contribution in [2.24, 2.45) is 0 Å². The highest BCUT2D eigenvalue weighted by Gasteiger charge is 2.21. The third-order valence-electron chi connectivity index (χ3n) is 3.38. The molecule has 0 saturated heterocycles. The Morgan fingerprint density at radius 2 is 2.00 bits per heavy atom. The van der Waals surface area contributed by atoms with Gasteiger partial charge in [0.25, 0.3) is 5.91 Å². The van der Waals surface area contributed by atoms with Gasteiger partial charge in [0.1, 0.15) is 17.5 Å². The third-order valence-corrected chi connectivity index (χ3v) is 3.38. The summed E-state index contributed by atoms with van der Waals surface area (Å²) in [6.45, 7) is 5.67. The molecule has 3 aromatic heterocycles. The first-order valence-electron chi connectivity index (χ1n) is 7.57. The van der Waals surface area contributed by atoms with Crippen LogP contribution in [0.15, 0.2) is 39.5 Å². The number of carbonyl (C=O) groups is 1. The Morgan fingerprint density at radius 3 is 2.67 bits per heavy atom. The molecule has 0 bridgehead atoms. The molecule has 0 aliphatic heterocycles. The van der Waals surface area contributed by atoms with Crippen molar-refractivity contribution in [2.45, 2.75) is 32.7 Å². The number of carbonyl (C=O) groups excluding carboxylic acids is 1. The second-order valence-electron chi connectivity index (χ2n) is 5.64. The zero-order valence-electron chi connectivity index (χ0n) is 13.6. The van der Waals surface area contributed by atoms with Gasteiger partial charge in [-0.3, -0.25) is 9.78 Å². The van der Waals surface area contributed by atoms with E-state index in [0.717, 1.165) is 0 Å². The van der Waals surface area contributed by atoms with Gasteiger partial charge in [0.15, 0.2) is 5.69 Å². The van der Waals surface area contributed by atoms with Crippen molar-refractivity contribution in [1.29, 1.82) is 0 Å². The minimum atomic E-state index is -0.471. The Balaban J connectivity index is 1.69. The Kier molecular flexibility index (Phi) is 4.37. The number of nitrogens with zero attached hydrogens (tertiary/aromatic N) is 4. The molecule has 3 aromatic rings. The number of nitrogens with one attached hydrogen (secondary N) is 1. The molecule has 0 radical (unpaired) electrons. The standard InChI is InChI=1S/C16H17N5O3/c1-9(2)13-8-12(20-23-13)15(22)18-10(3)16-19-14(21-24-16)11-6-4-5-7-17-11/h4-10H,1-3H3,(H,18,22)/t10-/m1/s1. The van der Waals surface area contributed by atoms with E-state index in [1.54, 1.807) is 31.3 Å². The molecule has 0 saturated carbocycles. The van der Waals surface area contributed by atoms with Crippen molar-refractivity contribution in [1.82, 2.24) is 25.6 Å². The van der Waals surface area contributed by atoms with E-state index in [-0.39, 0.29) is 23.4 Å². The van der Waals surface area contributed by atoms with Gasteiger partial charge in [0.2, 0.25) is 11.7 Å². The summed E-state index contributed by atoms with van der Waals surface area (Å²) in [7, 11) is 0. The number of aromatic nitrogens is 4. The molecule has 0 unspecified atom stereocenters. The number of amides is 1. The summed E-state index contributed by atoms with van der Waals surface area (Å²) in [6, 6.07) is 6.57. The monoisotopic (exact) mass is 327 g/mol. The highest BCUT2D eigenvalue weighted by Crippen LogP contribution is 2.18. The summed E-state index contributed by atoms with van der Waals surface area (Å²) in [4.78, 5) is 20.6. The molecular weight excluding hydrogens is 310 g/mol. The van der Waals surface area contributed by atoms with Crippen LogP contribution < -0.4 is 5.32 Å². The van der Waals surface area contributed by atoms with Crippen LogP contribution in [0.3, 0.4) is 0 Å². The first-order valence-corrected chi connectivity index (χ1v) is 7.57. The minimum Gasteiger partial charge on any atom is -0.360 e. The van der Waals surface area contributed by atoms with Crippen LogP contribution >= 0.6 is 0 Å². The Morgan fingerprint density at radius 1 is 1.17 bits per heavy atom. The van der Waals surface area contributed by atoms with Crippen molar-refractivity contribution in [3.05, 3.63) is 47.8 Å². The van der Waals surface area contributed by atoms with Gasteiger partial charge in [0, 0.05) is 18.2 Å². The summed E-state index contributed by atoms with van der Waals surface area (Å²) in [5.41, 5.74) is 0.819. The molecule has 0 spiro atoms. The molecule has 1 N–H and O–H groups in total. The molecular formula is C16H17N5O3. The van der Waals surface area contributed by atoms with E-state index in [1.807, 2.05) is 19.9 Å². The lowest BCUT2D eigenvalue weighted by molar-refractivity contribution is 0.0923. The van der Waals surface area contributed by atoms with E-state index in [2.05, 4.69) is 25.6 Å². The predicted molar refractivity (Wildman–Crippen MR) is 84.0 cm³/mol. The van der Waals surface area contributed by atoms with E-state index < -0.39 is 6.04 Å². The van der Waals surface area contributed by atoms with Crippen LogP contribution in [0.4, 0.5) is 0 Å². The van der Waals surface area contributed by atoms with Crippen molar-refractivity contribution >= 4 is 5.91 Å². The van der Waals surface area contributed by atoms with E-state index in [1.165, 1.54) is 0 Å². The highest BCUT2D eigenvalue weighted by molar-refractivity contribution is 5.92. The molecule has 0 aliphatic rings. The maximum absolute atomic E-state index is 12.2. The summed E-state index contributed by atoms with van der Waals surface area (Å²) >= 11 is 0. The summed E-state index contributed by atoms with van der Waals surface area (Å²) in [6.07, 6.45) is 1.65. The molecule has 24 heavy (non-hydrogen) atoms. The second kappa shape index (κ2) is 6.61. The van der Waals surface area contributed by atoms with Crippen LogP contribution in [-0.2, 0) is 0 Å². The lowest BCUT2D eigenvalue weighted by Gasteiger charge is -2.07. The minimum absolute atomic E-state index is 0.161. The highest BCUT2D eigenvalue weighted by atomic mass is 16.5. The van der Waals surface area contributed by atoms with Gasteiger partial charge in [-0.05, 0) is 19.1 Å². The summed E-state index contributed by atoms with van der Waals surface area (Å²) in [5, 5.41) is 10.4. The molecule has 0 aliphatic carbocycles. The lowest BCUT2D eigenvalue weighted by Crippen LogP contribution is -2.27. The Labute approximate surface area is 138 Å². The third kappa shape index (κ3) is 3.32. The smallest absolute Gasteiger partial charge is 0.274 e. The molecule has 8 heteroatoms. The number of rotatable bonds is 5. The van der Waals surface area contributed by atoms with Crippen LogP contribution in [0.25, 0.3) is 11.5 Å². The normalized spacial score (nSPS) is 12.3. The average Bonchev–Trinajstić information content (AvgIpc) is 3.25. The first-order chi connectivity index (χ1) is 11.5. The zero-order chi connectivity index (χ0) is 17.1. The number of pyridine rings is 1. The molecule has 124 valence electrons. The van der Waals surface area contributed by atoms with E-state index in [9.17, 15) is 4.79 Å². The van der Waals surface area contributed by atoms with Gasteiger partial charge in [-0.25, -0.2) is 0 Å². The molecule has 0 fully saturated rings. The summed E-state index contributed by atoms with van der Waals surface area (Å²) in [5.74, 6) is 1.11. The number of hydrogen-bond donors (Lipinski definition) is 1. The van der Waals surface area contributed by atoms with E-state index in [4.69, 9.17) is 9.05 Å². The molecule has 1 atom stereocenters. The maximum atomic E-state index is 12.2. The lowest BCUT2D eigenvalue weighted by atomic mass is 10.1. The van der Waals surface area contributed by atoms with Crippen molar-refractivity contribution < 1.29 is 13.8 Å². The Bertz CT molecular complexity index is 825. The van der Waals surface area contributed by atoms with Crippen molar-refractivity contribution in [2.75, 3.05) is 0 Å². The molecule has 8 nitrogen and oxygen atoms in total. The fraction of sp³-hybridized carbons (Fsp3) is 0.312. The van der Waals surface area contributed by atoms with Gasteiger partial charge in [-0.15, -0.1) is 0 Å². The maximum Gasteiger partial charge on any atom is 0.274 e. The molecule has 0 aromatic carbocycles. The van der Waals surface area contributed by atoms with Crippen LogP contribution in [0.1, 0.15) is 54.9 Å². The van der Waals surface area contributed by atoms with E-state index >= 15 is 0 Å². The van der Waals surface area contributed by atoms with Crippen LogP contribution in [0.5, 0.6) is 0 Å². The van der Waals surface area contributed by atoms with Gasteiger partial charge >= 0.3 is 0 Å². The fourth-order valence-corrected chi connectivity index (χ4v) is 2.01. The fourth-order valence-electron chi connectivity index (χ4n) is 2.01. The van der Waals surface area contributed by atoms with Gasteiger partial charge in [-0.1, -0.05) is 30.2 Å². The van der Waals surface area contributed by atoms with Gasteiger partial charge in [0.05, 0.1) is 0 Å². The average molecular weight is 327 g/mol. The van der Waals surface area contributed by atoms with Gasteiger partial charge in [-0.2, -0.15) is 4.98 Å². The molecule has 3 heterocycles. The second-order valence-corrected chi connectivity index (χ2v) is 5.64. The Hall–Kier alpha value is -3.03. The largest absolute Gasteiger partial charge is 0.360 e. The van der Waals surface area contributed by atoms with Crippen LogP contribution in [0, 0.1) is 0 Å². The van der Waals surface area contributed by atoms with E-state index in [0.29, 0.717) is 17.3 Å². The topological polar surface area (TPSA) is 107 Å². The van der Waals surface area contributed by atoms with Gasteiger partial charge < -0.3 is 14.4 Å². The van der Waals surface area contributed by atoms with Crippen molar-refractivity contribution in [3.8, 4) is 11.5 Å². The SMILES string of the molecule is CC(C)c1cc(C(=O)N[C@H](C)c2nc(-c3ccccn3)no2)no1. The van der Waals surface area contributed by atoms with Crippen LogP contribution in [0.2, 0.25) is 0 Å².